The number of aliphatic hydroxyl groups excluding tert-OH is 1. The van der Waals surface area contributed by atoms with Gasteiger partial charge in [-0.2, -0.15) is 0 Å². The molecule has 2 fully saturated rings. The summed E-state index contributed by atoms with van der Waals surface area (Å²) in [5, 5.41) is 9.29. The van der Waals surface area contributed by atoms with Crippen molar-refractivity contribution in [3.8, 4) is 0 Å². The lowest BCUT2D eigenvalue weighted by Crippen LogP contribution is -2.29. The molecule has 2 nitrogen and oxygen atoms in total. The molecule has 1 N–H and O–H groups in total. The lowest BCUT2D eigenvalue weighted by molar-refractivity contribution is 0.122. The Bertz CT molecular complexity index is 236. The summed E-state index contributed by atoms with van der Waals surface area (Å²) in [6, 6.07) is 0. The van der Waals surface area contributed by atoms with Gasteiger partial charge >= 0.3 is 0 Å². The molecule has 1 aliphatic carbocycles. The Balaban J connectivity index is 2.25. The van der Waals surface area contributed by atoms with E-state index in [9.17, 15) is 5.11 Å². The number of rotatable bonds is 2. The summed E-state index contributed by atoms with van der Waals surface area (Å²) in [5.74, 6) is 0.368. The molecular formula is C10H16O2. The second kappa shape index (κ2) is 2.12. The molecule has 2 aliphatic rings. The van der Waals surface area contributed by atoms with E-state index in [1.807, 2.05) is 6.92 Å². The molecule has 1 heterocycles. The van der Waals surface area contributed by atoms with Gasteiger partial charge in [0.2, 0.25) is 0 Å². The van der Waals surface area contributed by atoms with Gasteiger partial charge in [-0.3, -0.25) is 0 Å². The number of hydrogen-bond donors (Lipinski definition) is 1. The van der Waals surface area contributed by atoms with Gasteiger partial charge in [-0.15, -0.1) is 0 Å². The summed E-state index contributed by atoms with van der Waals surface area (Å²) in [6.07, 6.45) is 2.18. The van der Waals surface area contributed by atoms with Crippen molar-refractivity contribution in [2.75, 3.05) is 6.61 Å². The van der Waals surface area contributed by atoms with E-state index in [4.69, 9.17) is 4.74 Å². The molecule has 3 atom stereocenters. The first-order valence-electron chi connectivity index (χ1n) is 4.52. The van der Waals surface area contributed by atoms with Gasteiger partial charge in [0.15, 0.2) is 0 Å². The first kappa shape index (κ1) is 8.27. The molecular weight excluding hydrogens is 152 g/mol. The number of hydrogen-bond acceptors (Lipinski definition) is 2. The van der Waals surface area contributed by atoms with Crippen molar-refractivity contribution in [2.24, 2.45) is 5.92 Å². The molecule has 0 aromatic rings. The first-order chi connectivity index (χ1) is 5.56. The third-order valence-electron chi connectivity index (χ3n) is 3.56. The fraction of sp³-hybridized carbons (Fsp3) is 0.800. The van der Waals surface area contributed by atoms with E-state index in [2.05, 4.69) is 13.5 Å². The van der Waals surface area contributed by atoms with Crippen LogP contribution in [0.2, 0.25) is 0 Å². The molecule has 2 rings (SSSR count). The molecule has 1 aliphatic heterocycles. The highest BCUT2D eigenvalue weighted by atomic mass is 16.6. The highest BCUT2D eigenvalue weighted by molar-refractivity contribution is 5.27. The minimum Gasteiger partial charge on any atom is -0.393 e. The lowest BCUT2D eigenvalue weighted by Gasteiger charge is -2.18. The Morgan fingerprint density at radius 1 is 1.75 bits per heavy atom. The zero-order valence-electron chi connectivity index (χ0n) is 7.76. The van der Waals surface area contributed by atoms with E-state index in [1.54, 1.807) is 0 Å². The van der Waals surface area contributed by atoms with Crippen LogP contribution in [0.1, 0.15) is 26.7 Å². The number of ether oxygens (including phenoxy) is 1. The summed E-state index contributed by atoms with van der Waals surface area (Å²) in [4.78, 5) is 0. The Labute approximate surface area is 73.2 Å². The molecule has 0 aromatic carbocycles. The standard InChI is InChI=1S/C10H16O2/c1-7(2)8-4-5-9(3)10(8,6-11)12-9/h8,11H,1,4-6H2,2-3H3. The van der Waals surface area contributed by atoms with Crippen molar-refractivity contribution in [1.29, 1.82) is 0 Å². The van der Waals surface area contributed by atoms with Crippen LogP contribution in [0.5, 0.6) is 0 Å². The molecule has 68 valence electrons. The topological polar surface area (TPSA) is 32.8 Å². The molecule has 0 radical (unpaired) electrons. The van der Waals surface area contributed by atoms with E-state index < -0.39 is 0 Å². The number of epoxide rings is 1. The molecule has 0 bridgehead atoms. The zero-order valence-corrected chi connectivity index (χ0v) is 7.76. The Morgan fingerprint density at radius 2 is 2.42 bits per heavy atom. The number of aliphatic hydroxyl groups is 1. The third kappa shape index (κ3) is 0.723. The fourth-order valence-electron chi connectivity index (χ4n) is 2.69. The molecule has 1 saturated heterocycles. The Kier molecular flexibility index (Phi) is 1.46. The predicted molar refractivity (Wildman–Crippen MR) is 46.8 cm³/mol. The van der Waals surface area contributed by atoms with Crippen LogP contribution in [-0.2, 0) is 4.74 Å². The second-order valence-corrected chi connectivity index (χ2v) is 4.32. The highest BCUT2D eigenvalue weighted by Crippen LogP contribution is 2.63. The Hall–Kier alpha value is -0.340. The van der Waals surface area contributed by atoms with Gasteiger partial charge in [0.05, 0.1) is 12.2 Å². The van der Waals surface area contributed by atoms with Crippen LogP contribution < -0.4 is 0 Å². The maximum atomic E-state index is 9.29. The molecule has 0 amide bonds. The van der Waals surface area contributed by atoms with E-state index >= 15 is 0 Å². The van der Waals surface area contributed by atoms with Crippen molar-refractivity contribution < 1.29 is 9.84 Å². The number of fused-ring (bicyclic) bond motifs is 1. The van der Waals surface area contributed by atoms with Gasteiger partial charge in [-0.05, 0) is 26.7 Å². The molecule has 0 spiro atoms. The van der Waals surface area contributed by atoms with E-state index in [0.717, 1.165) is 18.4 Å². The van der Waals surface area contributed by atoms with Crippen molar-refractivity contribution in [3.05, 3.63) is 12.2 Å². The van der Waals surface area contributed by atoms with Crippen LogP contribution in [-0.4, -0.2) is 22.9 Å². The van der Waals surface area contributed by atoms with Crippen molar-refractivity contribution in [2.45, 2.75) is 37.9 Å². The van der Waals surface area contributed by atoms with Gasteiger partial charge < -0.3 is 9.84 Å². The highest BCUT2D eigenvalue weighted by Gasteiger charge is 2.73. The van der Waals surface area contributed by atoms with Crippen molar-refractivity contribution >= 4 is 0 Å². The minimum atomic E-state index is -0.265. The maximum absolute atomic E-state index is 9.29. The lowest BCUT2D eigenvalue weighted by atomic mass is 9.87. The summed E-state index contributed by atoms with van der Waals surface area (Å²) in [7, 11) is 0. The normalized spacial score (nSPS) is 50.4. The molecule has 0 aromatic heterocycles. The molecule has 1 saturated carbocycles. The van der Waals surface area contributed by atoms with Gasteiger partial charge in [0, 0.05) is 5.92 Å². The van der Waals surface area contributed by atoms with Crippen LogP contribution in [0.15, 0.2) is 12.2 Å². The van der Waals surface area contributed by atoms with Crippen LogP contribution in [0.3, 0.4) is 0 Å². The second-order valence-electron chi connectivity index (χ2n) is 4.32. The van der Waals surface area contributed by atoms with Gasteiger partial charge in [0.1, 0.15) is 5.60 Å². The quantitative estimate of drug-likeness (QED) is 0.500. The van der Waals surface area contributed by atoms with Crippen LogP contribution in [0.4, 0.5) is 0 Å². The van der Waals surface area contributed by atoms with E-state index in [1.165, 1.54) is 0 Å². The summed E-state index contributed by atoms with van der Waals surface area (Å²) in [6.45, 7) is 8.20. The molecule has 12 heavy (non-hydrogen) atoms. The summed E-state index contributed by atoms with van der Waals surface area (Å²) < 4.78 is 5.64. The maximum Gasteiger partial charge on any atom is 0.127 e. The summed E-state index contributed by atoms with van der Waals surface area (Å²) >= 11 is 0. The van der Waals surface area contributed by atoms with Gasteiger partial charge in [0.25, 0.3) is 0 Å². The van der Waals surface area contributed by atoms with Gasteiger partial charge in [-0.25, -0.2) is 0 Å². The zero-order chi connectivity index (χ0) is 8.98. The van der Waals surface area contributed by atoms with E-state index in [0.29, 0.717) is 5.92 Å². The van der Waals surface area contributed by atoms with E-state index in [-0.39, 0.29) is 17.8 Å². The SMILES string of the molecule is C=C(C)C1CCC2(C)OC12CO. The fourth-order valence-corrected chi connectivity index (χ4v) is 2.69. The molecule has 3 unspecified atom stereocenters. The predicted octanol–water partition coefficient (Wildman–Crippen LogP) is 1.49. The minimum absolute atomic E-state index is 0.0502. The molecule has 2 heteroatoms. The Morgan fingerprint density at radius 3 is 2.75 bits per heavy atom. The van der Waals surface area contributed by atoms with Crippen LogP contribution in [0, 0.1) is 5.92 Å². The van der Waals surface area contributed by atoms with Crippen molar-refractivity contribution in [1.82, 2.24) is 0 Å². The van der Waals surface area contributed by atoms with Gasteiger partial charge in [-0.1, -0.05) is 12.2 Å². The first-order valence-corrected chi connectivity index (χ1v) is 4.52. The monoisotopic (exact) mass is 168 g/mol. The average Bonchev–Trinajstić information content (AvgIpc) is 2.49. The third-order valence-corrected chi connectivity index (χ3v) is 3.56. The largest absolute Gasteiger partial charge is 0.393 e. The average molecular weight is 168 g/mol. The summed E-state index contributed by atoms with van der Waals surface area (Å²) in [5.41, 5.74) is 0.828. The van der Waals surface area contributed by atoms with Crippen LogP contribution in [0.25, 0.3) is 0 Å². The smallest absolute Gasteiger partial charge is 0.127 e. The van der Waals surface area contributed by atoms with Crippen molar-refractivity contribution in [3.63, 3.8) is 0 Å². The van der Waals surface area contributed by atoms with Crippen LogP contribution >= 0.6 is 0 Å².